The Bertz CT molecular complexity index is 609. The number of rotatable bonds is 4. The molecule has 0 aliphatic carbocycles. The van der Waals surface area contributed by atoms with Crippen LogP contribution < -0.4 is 0 Å². The Morgan fingerprint density at radius 3 is 2.48 bits per heavy atom. The molecular formula is C15H21NO4S. The van der Waals surface area contributed by atoms with Crippen LogP contribution >= 0.6 is 0 Å². The van der Waals surface area contributed by atoms with E-state index in [1.807, 2.05) is 6.92 Å². The van der Waals surface area contributed by atoms with Crippen LogP contribution in [0.2, 0.25) is 0 Å². The first-order valence-electron chi connectivity index (χ1n) is 7.21. The van der Waals surface area contributed by atoms with Gasteiger partial charge in [0.2, 0.25) is 10.0 Å². The van der Waals surface area contributed by atoms with Gasteiger partial charge in [-0.15, -0.1) is 0 Å². The number of carboxylic acids is 1. The monoisotopic (exact) mass is 311 g/mol. The van der Waals surface area contributed by atoms with Gasteiger partial charge in [-0.1, -0.05) is 26.0 Å². The lowest BCUT2D eigenvalue weighted by molar-refractivity contribution is -0.144. The summed E-state index contributed by atoms with van der Waals surface area (Å²) in [7, 11) is -3.76. The summed E-state index contributed by atoms with van der Waals surface area (Å²) in [5, 5.41) is 9.37. The number of benzene rings is 1. The van der Waals surface area contributed by atoms with E-state index in [4.69, 9.17) is 0 Å². The number of nitrogens with zero attached hydrogens (tertiary/aromatic N) is 1. The van der Waals surface area contributed by atoms with Gasteiger partial charge >= 0.3 is 5.97 Å². The third kappa shape index (κ3) is 3.11. The zero-order chi connectivity index (χ0) is 15.6. The first-order valence-corrected chi connectivity index (χ1v) is 8.65. The maximum atomic E-state index is 12.7. The summed E-state index contributed by atoms with van der Waals surface area (Å²) in [4.78, 5) is 11.6. The van der Waals surface area contributed by atoms with Crippen LogP contribution in [0.4, 0.5) is 0 Å². The average Bonchev–Trinajstić information content (AvgIpc) is 2.46. The zero-order valence-electron chi connectivity index (χ0n) is 12.3. The number of piperidine rings is 1. The van der Waals surface area contributed by atoms with Gasteiger partial charge in [-0.25, -0.2) is 8.42 Å². The van der Waals surface area contributed by atoms with E-state index in [0.29, 0.717) is 6.42 Å². The van der Waals surface area contributed by atoms with Crippen molar-refractivity contribution in [3.63, 3.8) is 0 Å². The fourth-order valence-corrected chi connectivity index (χ4v) is 4.54. The topological polar surface area (TPSA) is 74.7 Å². The predicted octanol–water partition coefficient (Wildman–Crippen LogP) is 2.12. The molecule has 0 spiro atoms. The second kappa shape index (κ2) is 6.15. The van der Waals surface area contributed by atoms with Gasteiger partial charge in [-0.2, -0.15) is 4.31 Å². The van der Waals surface area contributed by atoms with Crippen LogP contribution in [0.5, 0.6) is 0 Å². The van der Waals surface area contributed by atoms with Crippen LogP contribution in [-0.4, -0.2) is 36.4 Å². The quantitative estimate of drug-likeness (QED) is 0.924. The van der Waals surface area contributed by atoms with Crippen molar-refractivity contribution in [2.75, 3.05) is 6.54 Å². The molecule has 1 N–H and O–H groups in total. The minimum absolute atomic E-state index is 0.167. The summed E-state index contributed by atoms with van der Waals surface area (Å²) in [5.41, 5.74) is 1.05. The first-order chi connectivity index (χ1) is 9.87. The molecule has 1 aliphatic heterocycles. The minimum atomic E-state index is -3.76. The highest BCUT2D eigenvalue weighted by Crippen LogP contribution is 2.29. The van der Waals surface area contributed by atoms with Crippen LogP contribution in [0, 0.1) is 5.92 Å². The van der Waals surface area contributed by atoms with Crippen LogP contribution in [0.25, 0.3) is 0 Å². The zero-order valence-corrected chi connectivity index (χ0v) is 13.1. The molecule has 0 amide bonds. The Balaban J connectivity index is 2.38. The van der Waals surface area contributed by atoms with Crippen molar-refractivity contribution >= 4 is 16.0 Å². The molecule has 0 saturated carbocycles. The van der Waals surface area contributed by atoms with Crippen molar-refractivity contribution in [1.82, 2.24) is 4.31 Å². The molecule has 116 valence electrons. The van der Waals surface area contributed by atoms with Gasteiger partial charge in [0.1, 0.15) is 6.04 Å². The number of carboxylic acid groups (broad SMARTS) is 1. The highest BCUT2D eigenvalue weighted by atomic mass is 32.2. The Kier molecular flexibility index (Phi) is 4.68. The van der Waals surface area contributed by atoms with Crippen LogP contribution in [0.15, 0.2) is 29.2 Å². The summed E-state index contributed by atoms with van der Waals surface area (Å²) in [6, 6.07) is 5.69. The summed E-state index contributed by atoms with van der Waals surface area (Å²) in [5.74, 6) is -1.25. The number of carbonyl (C=O) groups is 1. The number of hydrogen-bond donors (Lipinski definition) is 1. The fourth-order valence-electron chi connectivity index (χ4n) is 2.82. The number of aryl methyl sites for hydroxylation is 1. The Morgan fingerprint density at radius 2 is 1.95 bits per heavy atom. The largest absolute Gasteiger partial charge is 0.480 e. The molecule has 0 aromatic heterocycles. The second-order valence-electron chi connectivity index (χ2n) is 5.52. The van der Waals surface area contributed by atoms with Crippen molar-refractivity contribution in [2.24, 2.45) is 5.92 Å². The maximum absolute atomic E-state index is 12.7. The molecule has 21 heavy (non-hydrogen) atoms. The van der Waals surface area contributed by atoms with Gasteiger partial charge in [0, 0.05) is 6.54 Å². The molecule has 1 saturated heterocycles. The second-order valence-corrected chi connectivity index (χ2v) is 7.41. The van der Waals surface area contributed by atoms with E-state index >= 15 is 0 Å². The standard InChI is InChI=1S/C15H21NO4S/c1-3-12-6-8-13(9-7-12)21(19,20)16-10-4-5-11(2)14(16)15(17)18/h6-9,11,14H,3-5,10H2,1-2H3,(H,17,18). The van der Waals surface area contributed by atoms with Gasteiger partial charge in [-0.3, -0.25) is 4.79 Å². The van der Waals surface area contributed by atoms with E-state index < -0.39 is 22.0 Å². The van der Waals surface area contributed by atoms with Crippen molar-refractivity contribution in [2.45, 2.75) is 44.0 Å². The van der Waals surface area contributed by atoms with Gasteiger partial charge in [0.15, 0.2) is 0 Å². The average molecular weight is 311 g/mol. The fraction of sp³-hybridized carbons (Fsp3) is 0.533. The summed E-state index contributed by atoms with van der Waals surface area (Å²) in [6.45, 7) is 4.05. The van der Waals surface area contributed by atoms with Gasteiger partial charge in [0.05, 0.1) is 4.90 Å². The normalized spacial score (nSPS) is 23.9. The Hall–Kier alpha value is -1.40. The van der Waals surface area contributed by atoms with Crippen molar-refractivity contribution in [1.29, 1.82) is 0 Å². The highest BCUT2D eigenvalue weighted by Gasteiger charge is 2.41. The lowest BCUT2D eigenvalue weighted by Crippen LogP contribution is -2.51. The van der Waals surface area contributed by atoms with E-state index in [1.54, 1.807) is 31.2 Å². The van der Waals surface area contributed by atoms with Crippen LogP contribution in [0.3, 0.4) is 0 Å². The van der Waals surface area contributed by atoms with Crippen LogP contribution in [0.1, 0.15) is 32.3 Å². The van der Waals surface area contributed by atoms with Crippen molar-refractivity contribution in [3.05, 3.63) is 29.8 Å². The molecule has 0 bridgehead atoms. The molecular weight excluding hydrogens is 290 g/mol. The van der Waals surface area contributed by atoms with Gasteiger partial charge in [0.25, 0.3) is 0 Å². The van der Waals surface area contributed by atoms with E-state index in [-0.39, 0.29) is 17.4 Å². The molecule has 2 atom stereocenters. The Labute approximate surface area is 125 Å². The summed E-state index contributed by atoms with van der Waals surface area (Å²) in [6.07, 6.45) is 2.26. The number of aliphatic carboxylic acids is 1. The first kappa shape index (κ1) is 16.0. The van der Waals surface area contributed by atoms with Crippen molar-refractivity contribution in [3.8, 4) is 0 Å². The maximum Gasteiger partial charge on any atom is 0.322 e. The number of hydrogen-bond acceptors (Lipinski definition) is 3. The molecule has 0 radical (unpaired) electrons. The summed E-state index contributed by atoms with van der Waals surface area (Å²) >= 11 is 0. The molecule has 2 unspecified atom stereocenters. The van der Waals surface area contributed by atoms with Gasteiger partial charge < -0.3 is 5.11 Å². The molecule has 1 aromatic rings. The van der Waals surface area contributed by atoms with Crippen LogP contribution in [-0.2, 0) is 21.2 Å². The number of sulfonamides is 1. The van der Waals surface area contributed by atoms with Gasteiger partial charge in [-0.05, 0) is 42.9 Å². The lowest BCUT2D eigenvalue weighted by Gasteiger charge is -2.36. The molecule has 1 aliphatic rings. The minimum Gasteiger partial charge on any atom is -0.480 e. The molecule has 5 nitrogen and oxygen atoms in total. The van der Waals surface area contributed by atoms with E-state index in [9.17, 15) is 18.3 Å². The van der Waals surface area contributed by atoms with E-state index in [0.717, 1.165) is 22.7 Å². The van der Waals surface area contributed by atoms with E-state index in [1.165, 1.54) is 0 Å². The van der Waals surface area contributed by atoms with E-state index in [2.05, 4.69) is 0 Å². The highest BCUT2D eigenvalue weighted by molar-refractivity contribution is 7.89. The molecule has 6 heteroatoms. The molecule has 2 rings (SSSR count). The molecule has 1 aromatic carbocycles. The van der Waals surface area contributed by atoms with Crippen molar-refractivity contribution < 1.29 is 18.3 Å². The SMILES string of the molecule is CCc1ccc(S(=O)(=O)N2CCCC(C)C2C(=O)O)cc1. The molecule has 1 heterocycles. The lowest BCUT2D eigenvalue weighted by atomic mass is 9.93. The third-order valence-electron chi connectivity index (χ3n) is 4.08. The predicted molar refractivity (Wildman–Crippen MR) is 79.5 cm³/mol. The Morgan fingerprint density at radius 1 is 1.33 bits per heavy atom. The smallest absolute Gasteiger partial charge is 0.322 e. The third-order valence-corrected chi connectivity index (χ3v) is 5.97. The molecule has 1 fully saturated rings. The summed E-state index contributed by atoms with van der Waals surface area (Å²) < 4.78 is 26.6.